The Labute approximate surface area is 110 Å². The van der Waals surface area contributed by atoms with Crippen LogP contribution < -0.4 is 0 Å². The third kappa shape index (κ3) is 3.54. The third-order valence-corrected chi connectivity index (χ3v) is 2.89. The molecule has 0 aliphatic heterocycles. The van der Waals surface area contributed by atoms with Crippen LogP contribution in [0.1, 0.15) is 34.1 Å². The van der Waals surface area contributed by atoms with Crippen LogP contribution in [0.2, 0.25) is 0 Å². The number of ketones is 1. The van der Waals surface area contributed by atoms with Crippen LogP contribution >= 0.6 is 0 Å². The van der Waals surface area contributed by atoms with Gasteiger partial charge in [-0.3, -0.25) is 4.79 Å². The molecule has 0 radical (unpaired) electrons. The van der Waals surface area contributed by atoms with Gasteiger partial charge in [0.2, 0.25) is 0 Å². The van der Waals surface area contributed by atoms with Crippen molar-refractivity contribution in [3.05, 3.63) is 48.6 Å². The van der Waals surface area contributed by atoms with E-state index in [-0.39, 0.29) is 5.78 Å². The first-order valence-corrected chi connectivity index (χ1v) is 6.19. The number of rotatable bonds is 5. The Morgan fingerprint density at radius 3 is 2.61 bits per heavy atom. The van der Waals surface area contributed by atoms with Crippen molar-refractivity contribution in [2.24, 2.45) is 0 Å². The van der Waals surface area contributed by atoms with Crippen LogP contribution in [-0.2, 0) is 9.53 Å². The maximum atomic E-state index is 12.2. The van der Waals surface area contributed by atoms with Gasteiger partial charge in [0.05, 0.1) is 5.60 Å². The molecule has 0 fully saturated rings. The van der Waals surface area contributed by atoms with Crippen molar-refractivity contribution in [2.75, 3.05) is 0 Å². The average molecular weight is 246 g/mol. The highest BCUT2D eigenvalue weighted by Crippen LogP contribution is 2.30. The largest absolute Gasteiger partial charge is 0.352 e. The first-order chi connectivity index (χ1) is 8.31. The van der Waals surface area contributed by atoms with Gasteiger partial charge < -0.3 is 4.74 Å². The number of hydrogen-bond donors (Lipinski definition) is 0. The molecule has 1 rings (SSSR count). The number of ether oxygens (including phenoxy) is 1. The van der Waals surface area contributed by atoms with E-state index in [2.05, 4.69) is 6.58 Å². The molecule has 0 aromatic rings. The minimum atomic E-state index is -0.899. The zero-order valence-electron chi connectivity index (χ0n) is 11.7. The lowest BCUT2D eigenvalue weighted by Gasteiger charge is -2.36. The summed E-state index contributed by atoms with van der Waals surface area (Å²) in [4.78, 5) is 12.2. The molecule has 2 heteroatoms. The highest BCUT2D eigenvalue weighted by Gasteiger charge is 2.39. The fraction of sp³-hybridized carbons (Fsp3) is 0.438. The van der Waals surface area contributed by atoms with Gasteiger partial charge in [-0.15, -0.1) is 6.58 Å². The van der Waals surface area contributed by atoms with Gasteiger partial charge in [-0.1, -0.05) is 29.9 Å². The fourth-order valence-corrected chi connectivity index (χ4v) is 1.74. The smallest absolute Gasteiger partial charge is 0.191 e. The van der Waals surface area contributed by atoms with Crippen LogP contribution in [0.15, 0.2) is 48.6 Å². The van der Waals surface area contributed by atoms with E-state index in [0.717, 1.165) is 0 Å². The first kappa shape index (κ1) is 14.7. The summed E-state index contributed by atoms with van der Waals surface area (Å²) in [6, 6.07) is 0. The van der Waals surface area contributed by atoms with Crippen molar-refractivity contribution in [3.63, 3.8) is 0 Å². The summed E-state index contributed by atoms with van der Waals surface area (Å²) in [6.07, 6.45) is 11.3. The van der Waals surface area contributed by atoms with E-state index in [9.17, 15) is 4.79 Å². The fourth-order valence-electron chi connectivity index (χ4n) is 1.74. The van der Waals surface area contributed by atoms with E-state index in [1.165, 1.54) is 5.57 Å². The zero-order valence-corrected chi connectivity index (χ0v) is 11.7. The molecule has 0 heterocycles. The molecule has 0 N–H and O–H groups in total. The lowest BCUT2D eigenvalue weighted by Crippen LogP contribution is -2.45. The minimum absolute atomic E-state index is 0.0163. The molecular formula is C16H22O2. The average Bonchev–Trinajstić information content (AvgIpc) is 2.30. The molecule has 2 nitrogen and oxygen atoms in total. The Balaban J connectivity index is 3.06. The molecule has 0 saturated carbocycles. The number of carbonyl (C=O) groups excluding carboxylic acids is 1. The predicted molar refractivity (Wildman–Crippen MR) is 75.4 cm³/mol. The predicted octanol–water partition coefficient (Wildman–Crippen LogP) is 3.76. The van der Waals surface area contributed by atoms with Crippen LogP contribution in [0.4, 0.5) is 0 Å². The summed E-state index contributed by atoms with van der Waals surface area (Å²) in [6.45, 7) is 11.6. The molecule has 98 valence electrons. The maximum absolute atomic E-state index is 12.2. The molecule has 0 saturated heterocycles. The normalized spacial score (nSPS) is 23.0. The van der Waals surface area contributed by atoms with Gasteiger partial charge in [0, 0.05) is 6.42 Å². The second kappa shape index (κ2) is 5.49. The van der Waals surface area contributed by atoms with Gasteiger partial charge in [0.25, 0.3) is 0 Å². The molecule has 1 unspecified atom stereocenters. The van der Waals surface area contributed by atoms with E-state index in [1.54, 1.807) is 18.2 Å². The molecule has 0 aromatic carbocycles. The molecule has 0 aromatic heterocycles. The highest BCUT2D eigenvalue weighted by molar-refractivity contribution is 6.00. The van der Waals surface area contributed by atoms with Crippen molar-refractivity contribution < 1.29 is 9.53 Å². The van der Waals surface area contributed by atoms with Gasteiger partial charge in [0.15, 0.2) is 11.4 Å². The second-order valence-electron chi connectivity index (χ2n) is 5.37. The standard InChI is InChI=1S/C16H22O2/c1-6-15(4,5)18-16(12-10-13(2)3)11-8-7-9-14(16)17/h6-11H,1,12H2,2-5H3. The van der Waals surface area contributed by atoms with E-state index >= 15 is 0 Å². The lowest BCUT2D eigenvalue weighted by molar-refractivity contribution is -0.145. The van der Waals surface area contributed by atoms with Gasteiger partial charge >= 0.3 is 0 Å². The van der Waals surface area contributed by atoms with E-state index in [1.807, 2.05) is 45.9 Å². The number of allylic oxidation sites excluding steroid dienone is 3. The maximum Gasteiger partial charge on any atom is 0.191 e. The van der Waals surface area contributed by atoms with Crippen LogP contribution in [0, 0.1) is 0 Å². The van der Waals surface area contributed by atoms with Crippen LogP contribution in [-0.4, -0.2) is 17.0 Å². The SMILES string of the molecule is C=CC(C)(C)OC1(CC=C(C)C)C=CC=CC1=O. The summed E-state index contributed by atoms with van der Waals surface area (Å²) in [7, 11) is 0. The summed E-state index contributed by atoms with van der Waals surface area (Å²) >= 11 is 0. The van der Waals surface area contributed by atoms with Gasteiger partial charge in [0.1, 0.15) is 0 Å². The summed E-state index contributed by atoms with van der Waals surface area (Å²) < 4.78 is 6.03. The summed E-state index contributed by atoms with van der Waals surface area (Å²) in [5, 5.41) is 0. The van der Waals surface area contributed by atoms with Gasteiger partial charge in [-0.25, -0.2) is 0 Å². The Hall–Kier alpha value is -1.41. The Morgan fingerprint density at radius 2 is 2.11 bits per heavy atom. The van der Waals surface area contributed by atoms with Crippen molar-refractivity contribution >= 4 is 5.78 Å². The van der Waals surface area contributed by atoms with E-state index in [0.29, 0.717) is 6.42 Å². The molecule has 0 bridgehead atoms. The van der Waals surface area contributed by atoms with E-state index in [4.69, 9.17) is 4.74 Å². The molecule has 0 amide bonds. The molecule has 0 spiro atoms. The van der Waals surface area contributed by atoms with Crippen LogP contribution in [0.5, 0.6) is 0 Å². The molecule has 18 heavy (non-hydrogen) atoms. The molecule has 1 atom stereocenters. The van der Waals surface area contributed by atoms with Crippen molar-refractivity contribution in [1.29, 1.82) is 0 Å². The monoisotopic (exact) mass is 246 g/mol. The van der Waals surface area contributed by atoms with Crippen LogP contribution in [0.3, 0.4) is 0 Å². The summed E-state index contributed by atoms with van der Waals surface area (Å²) in [5.41, 5.74) is -0.269. The third-order valence-electron chi connectivity index (χ3n) is 2.89. The Morgan fingerprint density at radius 1 is 1.44 bits per heavy atom. The zero-order chi connectivity index (χ0) is 13.8. The first-order valence-electron chi connectivity index (χ1n) is 6.19. The second-order valence-corrected chi connectivity index (χ2v) is 5.37. The topological polar surface area (TPSA) is 26.3 Å². The number of hydrogen-bond acceptors (Lipinski definition) is 2. The van der Waals surface area contributed by atoms with Crippen molar-refractivity contribution in [1.82, 2.24) is 0 Å². The minimum Gasteiger partial charge on any atom is -0.352 e. The Kier molecular flexibility index (Phi) is 4.47. The van der Waals surface area contributed by atoms with E-state index < -0.39 is 11.2 Å². The van der Waals surface area contributed by atoms with Crippen molar-refractivity contribution in [2.45, 2.75) is 45.3 Å². The van der Waals surface area contributed by atoms with Gasteiger partial charge in [-0.2, -0.15) is 0 Å². The van der Waals surface area contributed by atoms with Crippen molar-refractivity contribution in [3.8, 4) is 0 Å². The molecule has 1 aliphatic carbocycles. The molecule has 1 aliphatic rings. The van der Waals surface area contributed by atoms with Crippen LogP contribution in [0.25, 0.3) is 0 Å². The summed E-state index contributed by atoms with van der Waals surface area (Å²) in [5.74, 6) is -0.0163. The molecular weight excluding hydrogens is 224 g/mol. The Bertz CT molecular complexity index is 420. The van der Waals surface area contributed by atoms with Gasteiger partial charge in [-0.05, 0) is 39.8 Å². The quantitative estimate of drug-likeness (QED) is 0.690. The lowest BCUT2D eigenvalue weighted by atomic mass is 9.88. The highest BCUT2D eigenvalue weighted by atomic mass is 16.5. The number of carbonyl (C=O) groups is 1.